The Hall–Kier alpha value is -2.39. The first-order chi connectivity index (χ1) is 13.2. The second-order valence-corrected chi connectivity index (χ2v) is 8.82. The minimum atomic E-state index is -3.69. The van der Waals surface area contributed by atoms with E-state index >= 15 is 0 Å². The molecule has 1 aromatic heterocycles. The molecule has 1 amide bonds. The number of rotatable bonds is 5. The minimum Gasteiger partial charge on any atom is -0.483 e. The number of carbonyl (C=O) groups excluding carboxylic acids is 1. The van der Waals surface area contributed by atoms with E-state index in [4.69, 9.17) is 9.26 Å². The highest BCUT2D eigenvalue weighted by atomic mass is 32.2. The summed E-state index contributed by atoms with van der Waals surface area (Å²) in [6.45, 7) is 8.07. The van der Waals surface area contributed by atoms with Crippen molar-refractivity contribution < 1.29 is 22.5 Å². The van der Waals surface area contributed by atoms with E-state index in [-0.39, 0.29) is 36.3 Å². The van der Waals surface area contributed by atoms with E-state index < -0.39 is 10.0 Å². The molecule has 1 aromatic carbocycles. The number of sulfonamides is 1. The monoisotopic (exact) mass is 407 g/mol. The van der Waals surface area contributed by atoms with Gasteiger partial charge in [-0.05, 0) is 38.8 Å². The van der Waals surface area contributed by atoms with Gasteiger partial charge in [-0.1, -0.05) is 23.4 Å². The van der Waals surface area contributed by atoms with Gasteiger partial charge in [0.25, 0.3) is 5.91 Å². The summed E-state index contributed by atoms with van der Waals surface area (Å²) in [5.74, 6) is 0.838. The highest BCUT2D eigenvalue weighted by Gasteiger charge is 2.34. The summed E-state index contributed by atoms with van der Waals surface area (Å²) in [6.07, 6.45) is 0. The Labute approximate surface area is 165 Å². The maximum atomic E-state index is 12.8. The lowest BCUT2D eigenvalue weighted by Crippen LogP contribution is -2.51. The van der Waals surface area contributed by atoms with Crippen molar-refractivity contribution in [2.75, 3.05) is 32.8 Å². The van der Waals surface area contributed by atoms with Crippen molar-refractivity contribution in [2.24, 2.45) is 0 Å². The lowest BCUT2D eigenvalue weighted by atomic mass is 10.1. The fourth-order valence-corrected chi connectivity index (χ4v) is 5.12. The Morgan fingerprint density at radius 2 is 1.71 bits per heavy atom. The molecule has 8 nitrogen and oxygen atoms in total. The van der Waals surface area contributed by atoms with Crippen LogP contribution in [-0.2, 0) is 14.8 Å². The van der Waals surface area contributed by atoms with Gasteiger partial charge in [0.1, 0.15) is 16.3 Å². The van der Waals surface area contributed by atoms with Crippen LogP contribution < -0.4 is 4.74 Å². The van der Waals surface area contributed by atoms with Crippen molar-refractivity contribution in [1.82, 2.24) is 14.4 Å². The molecule has 1 fully saturated rings. The highest BCUT2D eigenvalue weighted by Crippen LogP contribution is 2.25. The van der Waals surface area contributed by atoms with Crippen LogP contribution in [0.3, 0.4) is 0 Å². The summed E-state index contributed by atoms with van der Waals surface area (Å²) < 4.78 is 37.8. The second kappa shape index (κ2) is 7.92. The van der Waals surface area contributed by atoms with Gasteiger partial charge in [-0.3, -0.25) is 4.79 Å². The lowest BCUT2D eigenvalue weighted by molar-refractivity contribution is -0.134. The number of aryl methyl sites for hydroxylation is 4. The molecular weight excluding hydrogens is 382 g/mol. The van der Waals surface area contributed by atoms with Crippen LogP contribution in [-0.4, -0.2) is 61.5 Å². The van der Waals surface area contributed by atoms with Crippen LogP contribution in [0.2, 0.25) is 0 Å². The number of piperazine rings is 1. The average Bonchev–Trinajstić information content (AvgIpc) is 3.00. The molecule has 0 spiro atoms. The van der Waals surface area contributed by atoms with E-state index in [9.17, 15) is 13.2 Å². The molecule has 1 saturated heterocycles. The predicted molar refractivity (Wildman–Crippen MR) is 103 cm³/mol. The molecule has 0 N–H and O–H groups in total. The van der Waals surface area contributed by atoms with E-state index in [0.717, 1.165) is 16.9 Å². The summed E-state index contributed by atoms with van der Waals surface area (Å²) in [4.78, 5) is 14.2. The summed E-state index contributed by atoms with van der Waals surface area (Å²) in [7, 11) is -3.69. The van der Waals surface area contributed by atoms with Gasteiger partial charge in [-0.2, -0.15) is 4.31 Å². The molecule has 0 saturated carbocycles. The second-order valence-electron chi connectivity index (χ2n) is 6.95. The maximum absolute atomic E-state index is 12.8. The first kappa shape index (κ1) is 20.3. The molecule has 152 valence electrons. The molecule has 1 aliphatic heterocycles. The zero-order valence-corrected chi connectivity index (χ0v) is 17.4. The molecule has 0 radical (unpaired) electrons. The number of ether oxygens (including phenoxy) is 1. The minimum absolute atomic E-state index is 0.0672. The van der Waals surface area contributed by atoms with Gasteiger partial charge in [-0.15, -0.1) is 0 Å². The van der Waals surface area contributed by atoms with Crippen molar-refractivity contribution >= 4 is 15.9 Å². The average molecular weight is 407 g/mol. The summed E-state index contributed by atoms with van der Waals surface area (Å²) in [6, 6.07) is 5.81. The van der Waals surface area contributed by atoms with E-state index in [1.807, 2.05) is 32.0 Å². The Bertz CT molecular complexity index is 936. The third-order valence-corrected chi connectivity index (χ3v) is 7.05. The normalized spacial score (nSPS) is 15.6. The first-order valence-electron chi connectivity index (χ1n) is 9.11. The Morgan fingerprint density at radius 3 is 2.25 bits per heavy atom. The molecule has 3 rings (SSSR count). The standard InChI is InChI=1S/C19H25N3O5S/c1-13-6-5-7-14(2)18(13)26-12-17(23)21-8-10-22(11-9-21)28(24,25)19-15(3)20-27-16(19)4/h5-7H,8-12H2,1-4H3. The Balaban J connectivity index is 1.60. The van der Waals surface area contributed by atoms with Gasteiger partial charge < -0.3 is 14.2 Å². The highest BCUT2D eigenvalue weighted by molar-refractivity contribution is 7.89. The van der Waals surface area contributed by atoms with Crippen LogP contribution in [0.1, 0.15) is 22.6 Å². The van der Waals surface area contributed by atoms with Crippen molar-refractivity contribution in [3.8, 4) is 5.75 Å². The molecule has 2 aromatic rings. The number of para-hydroxylation sites is 1. The van der Waals surface area contributed by atoms with Crippen molar-refractivity contribution in [3.05, 3.63) is 40.8 Å². The molecule has 28 heavy (non-hydrogen) atoms. The van der Waals surface area contributed by atoms with E-state index in [1.165, 1.54) is 4.31 Å². The van der Waals surface area contributed by atoms with Crippen LogP contribution in [0.5, 0.6) is 5.75 Å². The third kappa shape index (κ3) is 3.90. The van der Waals surface area contributed by atoms with Gasteiger partial charge in [0.05, 0.1) is 0 Å². The molecule has 2 heterocycles. The van der Waals surface area contributed by atoms with Crippen LogP contribution in [0.25, 0.3) is 0 Å². The lowest BCUT2D eigenvalue weighted by Gasteiger charge is -2.33. The van der Waals surface area contributed by atoms with E-state index in [0.29, 0.717) is 18.8 Å². The van der Waals surface area contributed by atoms with Crippen molar-refractivity contribution in [1.29, 1.82) is 0 Å². The van der Waals surface area contributed by atoms with Crippen molar-refractivity contribution in [2.45, 2.75) is 32.6 Å². The van der Waals surface area contributed by atoms with Gasteiger partial charge in [0.2, 0.25) is 10.0 Å². The molecular formula is C19H25N3O5S. The quantitative estimate of drug-likeness (QED) is 0.751. The van der Waals surface area contributed by atoms with Crippen LogP contribution in [0.4, 0.5) is 0 Å². The number of benzene rings is 1. The molecule has 1 aliphatic rings. The molecule has 9 heteroatoms. The third-order valence-electron chi connectivity index (χ3n) is 4.91. The predicted octanol–water partition coefficient (Wildman–Crippen LogP) is 1.82. The molecule has 0 unspecified atom stereocenters. The number of hydrogen-bond donors (Lipinski definition) is 0. The smallest absolute Gasteiger partial charge is 0.260 e. The zero-order chi connectivity index (χ0) is 20.5. The van der Waals surface area contributed by atoms with Crippen LogP contribution in [0.15, 0.2) is 27.6 Å². The number of hydrogen-bond acceptors (Lipinski definition) is 6. The molecule has 0 atom stereocenters. The number of amides is 1. The zero-order valence-electron chi connectivity index (χ0n) is 16.6. The fourth-order valence-electron chi connectivity index (χ4n) is 3.40. The summed E-state index contributed by atoms with van der Waals surface area (Å²) in [5, 5.41) is 3.73. The largest absolute Gasteiger partial charge is 0.483 e. The van der Waals surface area contributed by atoms with Crippen molar-refractivity contribution in [3.63, 3.8) is 0 Å². The SMILES string of the molecule is Cc1cccc(C)c1OCC(=O)N1CCN(S(=O)(=O)c2c(C)noc2C)CC1. The molecule has 0 aliphatic carbocycles. The van der Waals surface area contributed by atoms with Gasteiger partial charge >= 0.3 is 0 Å². The van der Waals surface area contributed by atoms with E-state index in [2.05, 4.69) is 5.16 Å². The van der Waals surface area contributed by atoms with Crippen LogP contribution >= 0.6 is 0 Å². The maximum Gasteiger partial charge on any atom is 0.260 e. The fraction of sp³-hybridized carbons (Fsp3) is 0.474. The Morgan fingerprint density at radius 1 is 1.11 bits per heavy atom. The van der Waals surface area contributed by atoms with E-state index in [1.54, 1.807) is 18.7 Å². The van der Waals surface area contributed by atoms with Gasteiger partial charge in [0, 0.05) is 26.2 Å². The number of aromatic nitrogens is 1. The number of nitrogens with zero attached hydrogens (tertiary/aromatic N) is 3. The Kier molecular flexibility index (Phi) is 5.76. The summed E-state index contributed by atoms with van der Waals surface area (Å²) >= 11 is 0. The van der Waals surface area contributed by atoms with Gasteiger partial charge in [-0.25, -0.2) is 8.42 Å². The van der Waals surface area contributed by atoms with Crippen LogP contribution in [0, 0.1) is 27.7 Å². The summed E-state index contributed by atoms with van der Waals surface area (Å²) in [5.41, 5.74) is 2.30. The first-order valence-corrected chi connectivity index (χ1v) is 10.6. The van der Waals surface area contributed by atoms with Gasteiger partial charge in [0.15, 0.2) is 12.4 Å². The topological polar surface area (TPSA) is 93.0 Å². The molecule has 0 bridgehead atoms. The number of carbonyl (C=O) groups is 1.